The van der Waals surface area contributed by atoms with Crippen LogP contribution in [0.2, 0.25) is 0 Å². The molecule has 2 aromatic carbocycles. The molecule has 3 rings (SSSR count). The predicted octanol–water partition coefficient (Wildman–Crippen LogP) is 4.04. The van der Waals surface area contributed by atoms with Crippen molar-refractivity contribution in [1.82, 2.24) is 14.3 Å². The van der Waals surface area contributed by atoms with Gasteiger partial charge in [0.25, 0.3) is 0 Å². The number of rotatable bonds is 6. The molecule has 0 saturated carbocycles. The van der Waals surface area contributed by atoms with Gasteiger partial charge < -0.3 is 10.1 Å². The van der Waals surface area contributed by atoms with Crippen LogP contribution in [-0.4, -0.2) is 43.4 Å². The largest absolute Gasteiger partial charge is 0.492 e. The van der Waals surface area contributed by atoms with E-state index in [1.807, 2.05) is 0 Å². The van der Waals surface area contributed by atoms with Crippen molar-refractivity contribution in [2.24, 2.45) is 0 Å². The summed E-state index contributed by atoms with van der Waals surface area (Å²) in [5.41, 5.74) is 0.338. The number of aromatic nitrogens is 2. The van der Waals surface area contributed by atoms with E-state index in [1.165, 1.54) is 38.4 Å². The molecule has 1 aromatic heterocycles. The van der Waals surface area contributed by atoms with Crippen molar-refractivity contribution < 1.29 is 26.3 Å². The first kappa shape index (κ1) is 21.8. The molecular formula is C19H19F3N4O3S. The minimum atomic E-state index is -4.74. The standard InChI is InChI=1S/C19H19F3N4O3S/c1-4-29-15-10-9-12(11-16(15)30(27,28)26(2)3)23-17-13-7-5-6-8-14(13)24-18(25-17)19(20,21)22/h5-11H,4H2,1-3H3,(H,23,24,25). The minimum absolute atomic E-state index is 0.0923. The van der Waals surface area contributed by atoms with Crippen LogP contribution in [0.4, 0.5) is 24.7 Å². The molecule has 0 aliphatic carbocycles. The summed E-state index contributed by atoms with van der Waals surface area (Å²) in [5.74, 6) is -1.25. The molecule has 3 aromatic rings. The van der Waals surface area contributed by atoms with Crippen molar-refractivity contribution >= 4 is 32.4 Å². The fourth-order valence-electron chi connectivity index (χ4n) is 2.69. The zero-order chi connectivity index (χ0) is 22.1. The Kier molecular flexibility index (Phi) is 5.86. The number of alkyl halides is 3. The van der Waals surface area contributed by atoms with Gasteiger partial charge in [-0.15, -0.1) is 0 Å². The first-order valence-corrected chi connectivity index (χ1v) is 10.3. The van der Waals surface area contributed by atoms with Gasteiger partial charge in [-0.05, 0) is 37.3 Å². The summed E-state index contributed by atoms with van der Waals surface area (Å²) in [6, 6.07) is 10.5. The van der Waals surface area contributed by atoms with Gasteiger partial charge in [-0.3, -0.25) is 0 Å². The van der Waals surface area contributed by atoms with E-state index in [0.29, 0.717) is 5.39 Å². The van der Waals surface area contributed by atoms with Crippen LogP contribution >= 0.6 is 0 Å². The summed E-state index contributed by atoms with van der Waals surface area (Å²) in [5, 5.41) is 3.15. The van der Waals surface area contributed by atoms with Crippen molar-refractivity contribution in [3.63, 3.8) is 0 Å². The van der Waals surface area contributed by atoms with Crippen molar-refractivity contribution in [2.75, 3.05) is 26.0 Å². The molecule has 0 radical (unpaired) electrons. The van der Waals surface area contributed by atoms with Gasteiger partial charge in [0.05, 0.1) is 12.1 Å². The van der Waals surface area contributed by atoms with Crippen molar-refractivity contribution in [3.05, 3.63) is 48.3 Å². The number of anilines is 2. The number of nitrogens with zero attached hydrogens (tertiary/aromatic N) is 3. The monoisotopic (exact) mass is 440 g/mol. The van der Waals surface area contributed by atoms with Crippen molar-refractivity contribution in [3.8, 4) is 5.75 Å². The lowest BCUT2D eigenvalue weighted by molar-refractivity contribution is -0.144. The van der Waals surface area contributed by atoms with Gasteiger partial charge in [0.15, 0.2) is 0 Å². The van der Waals surface area contributed by atoms with Crippen LogP contribution in [0.15, 0.2) is 47.4 Å². The van der Waals surface area contributed by atoms with Gasteiger partial charge in [0.2, 0.25) is 15.8 Å². The molecule has 1 N–H and O–H groups in total. The third-order valence-electron chi connectivity index (χ3n) is 4.12. The lowest BCUT2D eigenvalue weighted by atomic mass is 10.2. The zero-order valence-corrected chi connectivity index (χ0v) is 17.2. The Labute approximate surface area is 171 Å². The Morgan fingerprint density at radius 1 is 1.10 bits per heavy atom. The number of hydrogen-bond acceptors (Lipinski definition) is 6. The summed E-state index contributed by atoms with van der Waals surface area (Å²) < 4.78 is 71.5. The third-order valence-corrected chi connectivity index (χ3v) is 5.96. The Bertz CT molecular complexity index is 1180. The molecule has 0 saturated heterocycles. The third kappa shape index (κ3) is 4.31. The molecule has 0 fully saturated rings. The van der Waals surface area contributed by atoms with Crippen LogP contribution < -0.4 is 10.1 Å². The molecule has 0 unspecified atom stereocenters. The van der Waals surface area contributed by atoms with E-state index in [0.717, 1.165) is 4.31 Å². The fraction of sp³-hybridized carbons (Fsp3) is 0.263. The smallest absolute Gasteiger partial charge is 0.451 e. The maximum atomic E-state index is 13.2. The van der Waals surface area contributed by atoms with Gasteiger partial charge in [-0.25, -0.2) is 22.7 Å². The summed E-state index contributed by atoms with van der Waals surface area (Å²) in [6.07, 6.45) is -4.74. The highest BCUT2D eigenvalue weighted by molar-refractivity contribution is 7.89. The predicted molar refractivity (Wildman–Crippen MR) is 106 cm³/mol. The number of sulfonamides is 1. The van der Waals surface area contributed by atoms with Crippen LogP contribution in [-0.2, 0) is 16.2 Å². The van der Waals surface area contributed by atoms with E-state index in [-0.39, 0.29) is 34.3 Å². The summed E-state index contributed by atoms with van der Waals surface area (Å²) in [4.78, 5) is 7.07. The second kappa shape index (κ2) is 8.07. The molecule has 0 aliphatic rings. The quantitative estimate of drug-likeness (QED) is 0.623. The molecule has 160 valence electrons. The lowest BCUT2D eigenvalue weighted by Gasteiger charge is -2.17. The topological polar surface area (TPSA) is 84.4 Å². The summed E-state index contributed by atoms with van der Waals surface area (Å²) >= 11 is 0. The average Bonchev–Trinajstić information content (AvgIpc) is 2.68. The summed E-state index contributed by atoms with van der Waals surface area (Å²) in [6.45, 7) is 1.96. The summed E-state index contributed by atoms with van der Waals surface area (Å²) in [7, 11) is -1.12. The first-order chi connectivity index (χ1) is 14.0. The van der Waals surface area contributed by atoms with Crippen molar-refractivity contribution in [2.45, 2.75) is 18.0 Å². The maximum Gasteiger partial charge on any atom is 0.451 e. The van der Waals surface area contributed by atoms with E-state index >= 15 is 0 Å². The van der Waals surface area contributed by atoms with E-state index in [9.17, 15) is 21.6 Å². The Hall–Kier alpha value is -2.92. The molecule has 0 atom stereocenters. The van der Waals surface area contributed by atoms with E-state index in [2.05, 4.69) is 15.3 Å². The highest BCUT2D eigenvalue weighted by atomic mass is 32.2. The van der Waals surface area contributed by atoms with Gasteiger partial charge in [-0.1, -0.05) is 12.1 Å². The van der Waals surface area contributed by atoms with Crippen LogP contribution in [0.25, 0.3) is 10.9 Å². The van der Waals surface area contributed by atoms with Crippen LogP contribution in [0.1, 0.15) is 12.7 Å². The number of benzene rings is 2. The SMILES string of the molecule is CCOc1ccc(Nc2nc(C(F)(F)F)nc3ccccc23)cc1S(=O)(=O)N(C)C. The molecule has 0 bridgehead atoms. The zero-order valence-electron chi connectivity index (χ0n) is 16.4. The Morgan fingerprint density at radius 3 is 2.43 bits per heavy atom. The molecular weight excluding hydrogens is 421 g/mol. The molecule has 0 spiro atoms. The van der Waals surface area contributed by atoms with Crippen LogP contribution in [0, 0.1) is 0 Å². The van der Waals surface area contributed by atoms with Crippen LogP contribution in [0.3, 0.4) is 0 Å². The number of hydrogen-bond donors (Lipinski definition) is 1. The van der Waals surface area contributed by atoms with E-state index in [1.54, 1.807) is 25.1 Å². The second-order valence-electron chi connectivity index (χ2n) is 6.42. The number of ether oxygens (including phenoxy) is 1. The normalized spacial score (nSPS) is 12.4. The van der Waals surface area contributed by atoms with Gasteiger partial charge in [-0.2, -0.15) is 13.2 Å². The first-order valence-electron chi connectivity index (χ1n) is 8.84. The number of para-hydroxylation sites is 1. The molecule has 7 nitrogen and oxygen atoms in total. The highest BCUT2D eigenvalue weighted by Crippen LogP contribution is 2.34. The second-order valence-corrected chi connectivity index (χ2v) is 8.54. The Balaban J connectivity index is 2.14. The molecule has 1 heterocycles. The Morgan fingerprint density at radius 2 is 1.80 bits per heavy atom. The van der Waals surface area contributed by atoms with Gasteiger partial charge in [0, 0.05) is 25.2 Å². The minimum Gasteiger partial charge on any atom is -0.492 e. The van der Waals surface area contributed by atoms with Crippen LogP contribution in [0.5, 0.6) is 5.75 Å². The fourth-order valence-corrected chi connectivity index (χ4v) is 3.74. The molecule has 0 aliphatic heterocycles. The van der Waals surface area contributed by atoms with E-state index < -0.39 is 22.0 Å². The van der Waals surface area contributed by atoms with E-state index in [4.69, 9.17) is 4.74 Å². The lowest BCUT2D eigenvalue weighted by Crippen LogP contribution is -2.23. The molecule has 0 amide bonds. The highest BCUT2D eigenvalue weighted by Gasteiger charge is 2.35. The average molecular weight is 440 g/mol. The molecule has 30 heavy (non-hydrogen) atoms. The number of nitrogens with one attached hydrogen (secondary N) is 1. The van der Waals surface area contributed by atoms with Gasteiger partial charge >= 0.3 is 6.18 Å². The maximum absolute atomic E-state index is 13.2. The van der Waals surface area contributed by atoms with Crippen molar-refractivity contribution in [1.29, 1.82) is 0 Å². The number of fused-ring (bicyclic) bond motifs is 1. The molecule has 11 heteroatoms. The van der Waals surface area contributed by atoms with Gasteiger partial charge in [0.1, 0.15) is 16.5 Å². The number of halogens is 3.